The number of aliphatic hydroxyl groups is 2. The Morgan fingerprint density at radius 3 is 3.00 bits per heavy atom. The molecule has 12 heavy (non-hydrogen) atoms. The van der Waals surface area contributed by atoms with Crippen molar-refractivity contribution in [1.82, 2.24) is 0 Å². The summed E-state index contributed by atoms with van der Waals surface area (Å²) < 4.78 is 4.79. The fourth-order valence-corrected chi connectivity index (χ4v) is 2.29. The first kappa shape index (κ1) is 8.10. The summed E-state index contributed by atoms with van der Waals surface area (Å²) in [4.78, 5) is 10.8. The van der Waals surface area contributed by atoms with Gasteiger partial charge in [-0.05, 0) is 0 Å². The predicted octanol–water partition coefficient (Wildman–Crippen LogP) is -0.736. The number of rotatable bonds is 0. The monoisotopic (exact) mass is 188 g/mol. The molecular weight excluding hydrogens is 180 g/mol. The largest absolute Gasteiger partial charge is 0.451 e. The summed E-state index contributed by atoms with van der Waals surface area (Å²) in [5.41, 5.74) is -0.225. The van der Waals surface area contributed by atoms with Crippen LogP contribution in [0.3, 0.4) is 0 Å². The van der Waals surface area contributed by atoms with Crippen LogP contribution < -0.4 is 0 Å². The zero-order valence-electron chi connectivity index (χ0n) is 6.14. The van der Waals surface area contributed by atoms with Gasteiger partial charge >= 0.3 is 5.97 Å². The Morgan fingerprint density at radius 1 is 1.58 bits per heavy atom. The Labute approximate surface area is 73.2 Å². The highest BCUT2D eigenvalue weighted by atomic mass is 32.2. The van der Waals surface area contributed by atoms with Crippen LogP contribution in [0.25, 0.3) is 0 Å². The highest BCUT2D eigenvalue weighted by Gasteiger charge is 2.40. The van der Waals surface area contributed by atoms with E-state index in [1.165, 1.54) is 17.8 Å². The van der Waals surface area contributed by atoms with Crippen molar-refractivity contribution in [3.05, 3.63) is 11.6 Å². The van der Waals surface area contributed by atoms with Crippen LogP contribution in [0, 0.1) is 0 Å². The standard InChI is InChI=1S/C7H8O4S/c8-4-2-12-7(10)6-3(4)1-5(9)11-6/h1,4,6-8,10H,2H2/t4-,6-,7?/m1/s1. The third kappa shape index (κ3) is 1.14. The maximum absolute atomic E-state index is 10.8. The van der Waals surface area contributed by atoms with E-state index in [9.17, 15) is 15.0 Å². The molecule has 5 heteroatoms. The van der Waals surface area contributed by atoms with E-state index < -0.39 is 23.6 Å². The third-order valence-electron chi connectivity index (χ3n) is 1.92. The predicted molar refractivity (Wildman–Crippen MR) is 42.4 cm³/mol. The van der Waals surface area contributed by atoms with Crippen molar-refractivity contribution in [3.63, 3.8) is 0 Å². The van der Waals surface area contributed by atoms with E-state index in [0.717, 1.165) is 0 Å². The number of carbonyl (C=O) groups excluding carboxylic acids is 1. The maximum Gasteiger partial charge on any atom is 0.331 e. The maximum atomic E-state index is 10.8. The molecule has 0 aromatic carbocycles. The van der Waals surface area contributed by atoms with Gasteiger partial charge in [-0.25, -0.2) is 4.79 Å². The molecule has 0 saturated carbocycles. The average Bonchev–Trinajstić information content (AvgIpc) is 2.41. The molecule has 2 heterocycles. The molecule has 2 aliphatic rings. The zero-order valence-corrected chi connectivity index (χ0v) is 6.95. The van der Waals surface area contributed by atoms with Crippen LogP contribution in [0.2, 0.25) is 0 Å². The SMILES string of the molecule is O=C1C=C2[C@H](O)CSC(O)[C@@H]2O1. The number of fused-ring (bicyclic) bond motifs is 1. The zero-order chi connectivity index (χ0) is 8.72. The quantitative estimate of drug-likeness (QED) is 0.490. The molecule has 66 valence electrons. The fraction of sp³-hybridized carbons (Fsp3) is 0.571. The summed E-state index contributed by atoms with van der Waals surface area (Å²) in [5, 5.41) is 18.7. The Balaban J connectivity index is 2.26. The minimum atomic E-state index is -0.730. The lowest BCUT2D eigenvalue weighted by Crippen LogP contribution is -2.37. The lowest BCUT2D eigenvalue weighted by atomic mass is 10.1. The number of aliphatic hydroxyl groups excluding tert-OH is 2. The van der Waals surface area contributed by atoms with Gasteiger partial charge in [-0.1, -0.05) is 0 Å². The van der Waals surface area contributed by atoms with E-state index in [4.69, 9.17) is 4.74 Å². The molecule has 1 fully saturated rings. The first-order chi connectivity index (χ1) is 5.68. The van der Waals surface area contributed by atoms with Crippen molar-refractivity contribution in [3.8, 4) is 0 Å². The van der Waals surface area contributed by atoms with Crippen LogP contribution in [0.5, 0.6) is 0 Å². The molecular formula is C7H8O4S. The van der Waals surface area contributed by atoms with Crippen LogP contribution in [0.4, 0.5) is 0 Å². The number of esters is 1. The van der Waals surface area contributed by atoms with Gasteiger partial charge < -0.3 is 14.9 Å². The van der Waals surface area contributed by atoms with Crippen molar-refractivity contribution >= 4 is 17.7 Å². The number of hydrogen-bond donors (Lipinski definition) is 2. The second-order valence-electron chi connectivity index (χ2n) is 2.74. The molecule has 0 aliphatic carbocycles. The van der Waals surface area contributed by atoms with E-state index in [1.807, 2.05) is 0 Å². The third-order valence-corrected chi connectivity index (χ3v) is 3.02. The van der Waals surface area contributed by atoms with E-state index in [-0.39, 0.29) is 0 Å². The molecule has 3 atom stereocenters. The van der Waals surface area contributed by atoms with E-state index in [1.54, 1.807) is 0 Å². The van der Waals surface area contributed by atoms with Crippen molar-refractivity contribution in [2.24, 2.45) is 0 Å². The average molecular weight is 188 g/mol. The molecule has 1 saturated heterocycles. The molecule has 0 amide bonds. The van der Waals surface area contributed by atoms with Gasteiger partial charge in [0, 0.05) is 17.4 Å². The van der Waals surface area contributed by atoms with Gasteiger partial charge in [-0.15, -0.1) is 11.8 Å². The minimum absolute atomic E-state index is 0.417. The van der Waals surface area contributed by atoms with Gasteiger partial charge in [-0.2, -0.15) is 0 Å². The lowest BCUT2D eigenvalue weighted by Gasteiger charge is -2.28. The molecule has 4 nitrogen and oxygen atoms in total. The van der Waals surface area contributed by atoms with Gasteiger partial charge in [0.05, 0.1) is 6.10 Å². The summed E-state index contributed by atoms with van der Waals surface area (Å²) >= 11 is 1.19. The summed E-state index contributed by atoms with van der Waals surface area (Å²) in [6.45, 7) is 0. The highest BCUT2D eigenvalue weighted by Crippen LogP contribution is 2.33. The molecule has 0 bridgehead atoms. The molecule has 0 aromatic heterocycles. The van der Waals surface area contributed by atoms with Gasteiger partial charge in [-0.3, -0.25) is 0 Å². The van der Waals surface area contributed by atoms with E-state index >= 15 is 0 Å². The van der Waals surface area contributed by atoms with Gasteiger partial charge in [0.1, 0.15) is 5.44 Å². The summed E-state index contributed by atoms with van der Waals surface area (Å²) in [6, 6.07) is 0. The lowest BCUT2D eigenvalue weighted by molar-refractivity contribution is -0.141. The van der Waals surface area contributed by atoms with Crippen molar-refractivity contribution < 1.29 is 19.7 Å². The van der Waals surface area contributed by atoms with Crippen LogP contribution >= 0.6 is 11.8 Å². The van der Waals surface area contributed by atoms with Crippen LogP contribution in [-0.4, -0.2) is 39.6 Å². The number of thioether (sulfide) groups is 1. The molecule has 0 spiro atoms. The van der Waals surface area contributed by atoms with E-state index in [0.29, 0.717) is 11.3 Å². The summed E-state index contributed by atoms with van der Waals surface area (Å²) in [5.74, 6) is -0.0595. The first-order valence-corrected chi connectivity index (χ1v) is 4.63. The number of carbonyl (C=O) groups is 1. The second-order valence-corrected chi connectivity index (χ2v) is 3.89. The Morgan fingerprint density at radius 2 is 2.33 bits per heavy atom. The minimum Gasteiger partial charge on any atom is -0.451 e. The van der Waals surface area contributed by atoms with Crippen LogP contribution in [0.1, 0.15) is 0 Å². The normalized spacial score (nSPS) is 40.3. The number of hydrogen-bond acceptors (Lipinski definition) is 5. The number of ether oxygens (including phenoxy) is 1. The summed E-state index contributed by atoms with van der Waals surface area (Å²) in [7, 11) is 0. The topological polar surface area (TPSA) is 66.8 Å². The molecule has 2 rings (SSSR count). The van der Waals surface area contributed by atoms with Gasteiger partial charge in [0.15, 0.2) is 6.10 Å². The molecule has 0 radical (unpaired) electrons. The molecule has 2 N–H and O–H groups in total. The fourth-order valence-electron chi connectivity index (χ4n) is 1.33. The van der Waals surface area contributed by atoms with Crippen molar-refractivity contribution in [2.75, 3.05) is 5.75 Å². The second kappa shape index (κ2) is 2.76. The molecule has 0 aromatic rings. The molecule has 2 aliphatic heterocycles. The highest BCUT2D eigenvalue weighted by molar-refractivity contribution is 7.99. The van der Waals surface area contributed by atoms with Crippen LogP contribution in [0.15, 0.2) is 11.6 Å². The summed E-state index contributed by atoms with van der Waals surface area (Å²) in [6.07, 6.45) is -0.0285. The van der Waals surface area contributed by atoms with E-state index in [2.05, 4.69) is 0 Å². The smallest absolute Gasteiger partial charge is 0.331 e. The van der Waals surface area contributed by atoms with Crippen molar-refractivity contribution in [2.45, 2.75) is 17.6 Å². The molecule has 1 unspecified atom stereocenters. The van der Waals surface area contributed by atoms with Gasteiger partial charge in [0.25, 0.3) is 0 Å². The first-order valence-electron chi connectivity index (χ1n) is 3.58. The Kier molecular flexibility index (Phi) is 1.86. The van der Waals surface area contributed by atoms with Gasteiger partial charge in [0.2, 0.25) is 0 Å². The Bertz CT molecular complexity index is 250. The Hall–Kier alpha value is -0.520. The van der Waals surface area contributed by atoms with Crippen molar-refractivity contribution in [1.29, 1.82) is 0 Å². The van der Waals surface area contributed by atoms with Crippen LogP contribution in [-0.2, 0) is 9.53 Å².